The Morgan fingerprint density at radius 1 is 1.00 bits per heavy atom. The molecule has 110 valence electrons. The lowest BCUT2D eigenvalue weighted by Crippen LogP contribution is -2.40. The van der Waals surface area contributed by atoms with E-state index in [1.165, 1.54) is 0 Å². The lowest BCUT2D eigenvalue weighted by atomic mass is 10.3. The number of hydrogen-bond acceptors (Lipinski definition) is 3. The van der Waals surface area contributed by atoms with Gasteiger partial charge in [-0.15, -0.1) is 0 Å². The van der Waals surface area contributed by atoms with E-state index < -0.39 is 0 Å². The Bertz CT molecular complexity index is 826. The number of amides is 1. The van der Waals surface area contributed by atoms with Crippen molar-refractivity contribution in [1.82, 2.24) is 14.5 Å². The molecule has 1 aliphatic heterocycles. The van der Waals surface area contributed by atoms with Crippen LogP contribution in [0.15, 0.2) is 54.6 Å². The lowest BCUT2D eigenvalue weighted by molar-refractivity contribution is 0.139. The van der Waals surface area contributed by atoms with Crippen LogP contribution in [0.1, 0.15) is 5.82 Å². The monoisotopic (exact) mass is 293 g/mol. The molecule has 0 saturated heterocycles. The molecule has 2 heterocycles. The minimum absolute atomic E-state index is 0.329. The summed E-state index contributed by atoms with van der Waals surface area (Å²) in [5.41, 5.74) is 2.09. The Hall–Kier alpha value is -2.82. The topological polar surface area (TPSA) is 47.4 Å². The maximum absolute atomic E-state index is 12.3. The number of carbonyl (C=O) groups excluding carboxylic acids is 1. The lowest BCUT2D eigenvalue weighted by Gasteiger charge is -2.27. The van der Waals surface area contributed by atoms with Gasteiger partial charge >= 0.3 is 6.09 Å². The highest BCUT2D eigenvalue weighted by Crippen LogP contribution is 2.21. The predicted molar refractivity (Wildman–Crippen MR) is 82.6 cm³/mol. The molecule has 0 fully saturated rings. The van der Waals surface area contributed by atoms with Gasteiger partial charge in [-0.1, -0.05) is 30.3 Å². The van der Waals surface area contributed by atoms with Crippen molar-refractivity contribution in [3.8, 4) is 5.75 Å². The molecule has 0 spiro atoms. The number of imidazole rings is 1. The van der Waals surface area contributed by atoms with Gasteiger partial charge < -0.3 is 9.30 Å². The van der Waals surface area contributed by atoms with Crippen molar-refractivity contribution in [3.05, 3.63) is 60.4 Å². The summed E-state index contributed by atoms with van der Waals surface area (Å²) >= 11 is 0. The summed E-state index contributed by atoms with van der Waals surface area (Å²) in [4.78, 5) is 18.6. The fraction of sp³-hybridized carbons (Fsp3) is 0.176. The first kappa shape index (κ1) is 12.9. The quantitative estimate of drug-likeness (QED) is 0.693. The van der Waals surface area contributed by atoms with Crippen LogP contribution in [0, 0.1) is 0 Å². The second kappa shape index (κ2) is 5.18. The average Bonchev–Trinajstić information content (AvgIpc) is 2.93. The van der Waals surface area contributed by atoms with E-state index >= 15 is 0 Å². The first-order chi connectivity index (χ1) is 10.8. The van der Waals surface area contributed by atoms with Crippen LogP contribution in [0.5, 0.6) is 5.75 Å². The van der Waals surface area contributed by atoms with E-state index in [-0.39, 0.29) is 6.09 Å². The molecule has 0 radical (unpaired) electrons. The molecule has 2 aromatic carbocycles. The molecule has 22 heavy (non-hydrogen) atoms. The van der Waals surface area contributed by atoms with Gasteiger partial charge in [-0.3, -0.25) is 4.90 Å². The maximum atomic E-state index is 12.3. The van der Waals surface area contributed by atoms with E-state index in [1.54, 1.807) is 17.0 Å². The number of ether oxygens (including phenoxy) is 1. The summed E-state index contributed by atoms with van der Waals surface area (Å²) in [6, 6.07) is 17.2. The number of para-hydroxylation sites is 3. The Balaban J connectivity index is 1.55. The van der Waals surface area contributed by atoms with Crippen LogP contribution in [0.2, 0.25) is 0 Å². The third-order valence-corrected chi connectivity index (χ3v) is 3.87. The second-order valence-corrected chi connectivity index (χ2v) is 5.27. The molecule has 0 unspecified atom stereocenters. The molecule has 0 saturated carbocycles. The third-order valence-electron chi connectivity index (χ3n) is 3.87. The molecule has 1 amide bonds. The third kappa shape index (κ3) is 2.20. The van der Waals surface area contributed by atoms with Crippen LogP contribution < -0.4 is 4.74 Å². The Morgan fingerprint density at radius 3 is 2.64 bits per heavy atom. The molecular weight excluding hydrogens is 278 g/mol. The SMILES string of the molecule is O=C(Oc1ccccc1)N1CCn2c(nc3ccccc32)C1. The number of fused-ring (bicyclic) bond motifs is 3. The Labute approximate surface area is 127 Å². The maximum Gasteiger partial charge on any atom is 0.415 e. The van der Waals surface area contributed by atoms with Crippen LogP contribution in [-0.4, -0.2) is 27.1 Å². The van der Waals surface area contributed by atoms with Gasteiger partial charge in [0.05, 0.1) is 17.6 Å². The molecule has 1 aliphatic rings. The zero-order valence-corrected chi connectivity index (χ0v) is 12.0. The van der Waals surface area contributed by atoms with E-state index in [4.69, 9.17) is 4.74 Å². The van der Waals surface area contributed by atoms with E-state index in [0.29, 0.717) is 18.8 Å². The summed E-state index contributed by atoms with van der Waals surface area (Å²) in [6.07, 6.45) is -0.329. The standard InChI is InChI=1S/C17H15N3O2/c21-17(22-13-6-2-1-3-7-13)19-10-11-20-15-9-5-4-8-14(15)18-16(20)12-19/h1-9H,10-12H2. The fourth-order valence-electron chi connectivity index (χ4n) is 2.78. The number of benzene rings is 2. The first-order valence-electron chi connectivity index (χ1n) is 7.27. The highest BCUT2D eigenvalue weighted by molar-refractivity contribution is 5.76. The van der Waals surface area contributed by atoms with Crippen LogP contribution in [0.3, 0.4) is 0 Å². The van der Waals surface area contributed by atoms with Gasteiger partial charge in [-0.2, -0.15) is 0 Å². The number of carbonyl (C=O) groups is 1. The molecule has 0 aliphatic carbocycles. The number of rotatable bonds is 1. The number of hydrogen-bond donors (Lipinski definition) is 0. The molecule has 5 nitrogen and oxygen atoms in total. The van der Waals surface area contributed by atoms with E-state index in [1.807, 2.05) is 36.4 Å². The minimum Gasteiger partial charge on any atom is -0.410 e. The predicted octanol–water partition coefficient (Wildman–Crippen LogP) is 3.05. The molecule has 3 aromatic rings. The van der Waals surface area contributed by atoms with Crippen molar-refractivity contribution in [1.29, 1.82) is 0 Å². The van der Waals surface area contributed by atoms with Crippen molar-refractivity contribution < 1.29 is 9.53 Å². The highest BCUT2D eigenvalue weighted by atomic mass is 16.6. The van der Waals surface area contributed by atoms with E-state index in [0.717, 1.165) is 23.4 Å². The Morgan fingerprint density at radius 2 is 1.77 bits per heavy atom. The van der Waals surface area contributed by atoms with Gasteiger partial charge in [0.1, 0.15) is 11.6 Å². The number of nitrogens with zero attached hydrogens (tertiary/aromatic N) is 3. The summed E-state index contributed by atoms with van der Waals surface area (Å²) in [5.74, 6) is 1.46. The van der Waals surface area contributed by atoms with Crippen molar-refractivity contribution >= 4 is 17.1 Å². The average molecular weight is 293 g/mol. The highest BCUT2D eigenvalue weighted by Gasteiger charge is 2.24. The van der Waals surface area contributed by atoms with Gasteiger partial charge in [-0.05, 0) is 24.3 Å². The smallest absolute Gasteiger partial charge is 0.410 e. The van der Waals surface area contributed by atoms with Gasteiger partial charge in [-0.25, -0.2) is 9.78 Å². The second-order valence-electron chi connectivity index (χ2n) is 5.27. The summed E-state index contributed by atoms with van der Waals surface area (Å²) in [6.45, 7) is 1.83. The van der Waals surface area contributed by atoms with Crippen molar-refractivity contribution in [2.24, 2.45) is 0 Å². The molecule has 0 atom stereocenters. The first-order valence-corrected chi connectivity index (χ1v) is 7.27. The molecule has 0 bridgehead atoms. The van der Waals surface area contributed by atoms with Gasteiger partial charge in [0.15, 0.2) is 0 Å². The molecule has 5 heteroatoms. The molecule has 0 N–H and O–H groups in total. The minimum atomic E-state index is -0.329. The largest absolute Gasteiger partial charge is 0.415 e. The summed E-state index contributed by atoms with van der Waals surface area (Å²) in [5, 5.41) is 0. The molecular formula is C17H15N3O2. The Kier molecular flexibility index (Phi) is 3.04. The normalized spacial score (nSPS) is 13.9. The molecule has 1 aromatic heterocycles. The van der Waals surface area contributed by atoms with Crippen LogP contribution >= 0.6 is 0 Å². The van der Waals surface area contributed by atoms with E-state index in [2.05, 4.69) is 15.6 Å². The van der Waals surface area contributed by atoms with Gasteiger partial charge in [0.25, 0.3) is 0 Å². The van der Waals surface area contributed by atoms with Crippen LogP contribution in [-0.2, 0) is 13.1 Å². The number of aromatic nitrogens is 2. The molecule has 4 rings (SSSR count). The van der Waals surface area contributed by atoms with Gasteiger partial charge in [0.2, 0.25) is 0 Å². The zero-order chi connectivity index (χ0) is 14.9. The van der Waals surface area contributed by atoms with E-state index in [9.17, 15) is 4.79 Å². The van der Waals surface area contributed by atoms with Gasteiger partial charge in [0, 0.05) is 13.1 Å². The van der Waals surface area contributed by atoms with Crippen LogP contribution in [0.4, 0.5) is 4.79 Å². The van der Waals surface area contributed by atoms with Crippen molar-refractivity contribution in [2.45, 2.75) is 13.1 Å². The van der Waals surface area contributed by atoms with Crippen molar-refractivity contribution in [2.75, 3.05) is 6.54 Å². The van der Waals surface area contributed by atoms with Crippen LogP contribution in [0.25, 0.3) is 11.0 Å². The fourth-order valence-corrected chi connectivity index (χ4v) is 2.78. The zero-order valence-electron chi connectivity index (χ0n) is 12.0. The summed E-state index contributed by atoms with van der Waals surface area (Å²) < 4.78 is 7.56. The summed E-state index contributed by atoms with van der Waals surface area (Å²) in [7, 11) is 0. The van der Waals surface area contributed by atoms with Crippen molar-refractivity contribution in [3.63, 3.8) is 0 Å².